The lowest BCUT2D eigenvalue weighted by molar-refractivity contribution is 0.369. The highest BCUT2D eigenvalue weighted by Crippen LogP contribution is 2.28. The highest BCUT2D eigenvalue weighted by atomic mass is 15.1. The molecule has 0 radical (unpaired) electrons. The van der Waals surface area contributed by atoms with Gasteiger partial charge in [0.15, 0.2) is 0 Å². The van der Waals surface area contributed by atoms with E-state index in [1.807, 2.05) is 0 Å². The van der Waals surface area contributed by atoms with Gasteiger partial charge in [0.1, 0.15) is 0 Å². The highest BCUT2D eigenvalue weighted by Gasteiger charge is 2.34. The van der Waals surface area contributed by atoms with E-state index in [2.05, 4.69) is 19.2 Å². The number of hydrogen-bond acceptors (Lipinski definition) is 1. The van der Waals surface area contributed by atoms with Crippen LogP contribution in [0.2, 0.25) is 0 Å². The Hall–Kier alpha value is -0.0400. The molecule has 2 aliphatic heterocycles. The molecule has 1 saturated carbocycles. The van der Waals surface area contributed by atoms with Crippen molar-refractivity contribution in [3.05, 3.63) is 0 Å². The third-order valence-corrected chi connectivity index (χ3v) is 1.90. The minimum Gasteiger partial charge on any atom is -0.311 e. The lowest BCUT2D eigenvalue weighted by Gasteiger charge is -2.24. The van der Waals surface area contributed by atoms with Gasteiger partial charge in [-0.3, -0.25) is 0 Å². The molecule has 0 amide bonds. The Balaban J connectivity index is 0. The van der Waals surface area contributed by atoms with E-state index in [9.17, 15) is 0 Å². The van der Waals surface area contributed by atoms with E-state index in [0.717, 1.165) is 12.1 Å². The largest absolute Gasteiger partial charge is 0.311 e. The lowest BCUT2D eigenvalue weighted by Crippen LogP contribution is -2.43. The number of rotatable bonds is 0. The molecule has 3 aliphatic rings. The van der Waals surface area contributed by atoms with Crippen LogP contribution in [-0.2, 0) is 0 Å². The second-order valence-corrected chi connectivity index (χ2v) is 3.08. The summed E-state index contributed by atoms with van der Waals surface area (Å²) in [5.41, 5.74) is 0. The van der Waals surface area contributed by atoms with Crippen molar-refractivity contribution < 1.29 is 1.43 Å². The van der Waals surface area contributed by atoms with Crippen LogP contribution in [0.3, 0.4) is 0 Å². The number of fused-ring (bicyclic) bond motifs is 1. The van der Waals surface area contributed by atoms with Gasteiger partial charge in [0.05, 0.1) is 0 Å². The third kappa shape index (κ3) is 2.30. The van der Waals surface area contributed by atoms with Crippen LogP contribution in [0.4, 0.5) is 0 Å². The van der Waals surface area contributed by atoms with E-state index in [4.69, 9.17) is 0 Å². The van der Waals surface area contributed by atoms with Crippen LogP contribution in [-0.4, -0.2) is 12.1 Å². The Bertz CT molecular complexity index is 66.1. The SMILES string of the molecule is C.C1CC2CC1N2.CCC.[HH]. The first-order valence-electron chi connectivity index (χ1n) is 4.12. The lowest BCUT2D eigenvalue weighted by atomic mass is 10.1. The Kier molecular flexibility index (Phi) is 4.71. The molecule has 1 heteroatoms. The quantitative estimate of drug-likeness (QED) is 0.552. The molecular formula is C9H23N. The van der Waals surface area contributed by atoms with Crippen molar-refractivity contribution in [1.82, 2.24) is 5.32 Å². The molecule has 1 nitrogen and oxygen atoms in total. The van der Waals surface area contributed by atoms with Gasteiger partial charge >= 0.3 is 0 Å². The predicted octanol–water partition coefficient (Wildman–Crippen LogP) is 2.81. The summed E-state index contributed by atoms with van der Waals surface area (Å²) in [5, 5.41) is 3.42. The van der Waals surface area contributed by atoms with Gasteiger partial charge in [-0.1, -0.05) is 27.7 Å². The summed E-state index contributed by atoms with van der Waals surface area (Å²) in [7, 11) is 0. The molecule has 64 valence electrons. The topological polar surface area (TPSA) is 12.0 Å². The maximum absolute atomic E-state index is 3.42. The minimum atomic E-state index is 0. The number of hydrogen-bond donors (Lipinski definition) is 1. The molecule has 3 fully saturated rings. The Morgan fingerprint density at radius 1 is 1.30 bits per heavy atom. The van der Waals surface area contributed by atoms with Gasteiger partial charge < -0.3 is 5.32 Å². The molecule has 2 saturated heterocycles. The average Bonchev–Trinajstić information content (AvgIpc) is 2.17. The van der Waals surface area contributed by atoms with Gasteiger partial charge in [0.25, 0.3) is 0 Å². The van der Waals surface area contributed by atoms with Crippen LogP contribution in [0.25, 0.3) is 0 Å². The second-order valence-electron chi connectivity index (χ2n) is 3.08. The summed E-state index contributed by atoms with van der Waals surface area (Å²) in [6.45, 7) is 4.25. The molecule has 0 spiro atoms. The summed E-state index contributed by atoms with van der Waals surface area (Å²) >= 11 is 0. The molecule has 2 bridgehead atoms. The molecule has 1 aliphatic carbocycles. The van der Waals surface area contributed by atoms with Gasteiger partial charge in [-0.2, -0.15) is 0 Å². The molecule has 0 aromatic rings. The van der Waals surface area contributed by atoms with Crippen molar-refractivity contribution in [1.29, 1.82) is 0 Å². The summed E-state index contributed by atoms with van der Waals surface area (Å²) < 4.78 is 0. The van der Waals surface area contributed by atoms with Gasteiger partial charge in [0.2, 0.25) is 0 Å². The van der Waals surface area contributed by atoms with E-state index in [-0.39, 0.29) is 8.85 Å². The van der Waals surface area contributed by atoms with Gasteiger partial charge in [0, 0.05) is 13.5 Å². The van der Waals surface area contributed by atoms with E-state index in [1.54, 1.807) is 0 Å². The fourth-order valence-electron chi connectivity index (χ4n) is 1.46. The molecular weight excluding hydrogens is 122 g/mol. The molecule has 1 N–H and O–H groups in total. The van der Waals surface area contributed by atoms with Crippen LogP contribution in [0.15, 0.2) is 0 Å². The average molecular weight is 145 g/mol. The summed E-state index contributed by atoms with van der Waals surface area (Å²) in [4.78, 5) is 0. The van der Waals surface area contributed by atoms with Gasteiger partial charge in [-0.15, -0.1) is 0 Å². The minimum absolute atomic E-state index is 0. The maximum Gasteiger partial charge on any atom is 0.00850 e. The Morgan fingerprint density at radius 2 is 1.60 bits per heavy atom. The molecule has 0 aromatic heterocycles. The van der Waals surface area contributed by atoms with Crippen LogP contribution >= 0.6 is 0 Å². The first kappa shape index (κ1) is 9.96. The summed E-state index contributed by atoms with van der Waals surface area (Å²) in [6.07, 6.45) is 5.62. The predicted molar refractivity (Wildman–Crippen MR) is 49.4 cm³/mol. The van der Waals surface area contributed by atoms with E-state index < -0.39 is 0 Å². The fourth-order valence-corrected chi connectivity index (χ4v) is 1.46. The normalized spacial score (nSPS) is 33.0. The second kappa shape index (κ2) is 4.73. The van der Waals surface area contributed by atoms with Crippen molar-refractivity contribution in [2.75, 3.05) is 0 Å². The standard InChI is InChI=1S/C5H9N.C3H8.CH4.H2/c1-2-5-3-4(1)6-5;1-3-2;;/h4-6H,1-3H2;3H2,1-2H3;1H4;1H. The zero-order valence-corrected chi connectivity index (χ0v) is 6.48. The first-order valence-corrected chi connectivity index (χ1v) is 4.12. The zero-order valence-electron chi connectivity index (χ0n) is 6.48. The molecule has 10 heavy (non-hydrogen) atoms. The Morgan fingerprint density at radius 3 is 1.70 bits per heavy atom. The van der Waals surface area contributed by atoms with Crippen molar-refractivity contribution in [3.63, 3.8) is 0 Å². The van der Waals surface area contributed by atoms with Crippen molar-refractivity contribution in [2.24, 2.45) is 0 Å². The van der Waals surface area contributed by atoms with Gasteiger partial charge in [-0.25, -0.2) is 0 Å². The summed E-state index contributed by atoms with van der Waals surface area (Å²) in [5.74, 6) is 0. The van der Waals surface area contributed by atoms with Crippen LogP contribution in [0, 0.1) is 0 Å². The van der Waals surface area contributed by atoms with Crippen molar-refractivity contribution >= 4 is 0 Å². The molecule has 2 heterocycles. The molecule has 2 atom stereocenters. The fraction of sp³-hybridized carbons (Fsp3) is 1.00. The Labute approximate surface area is 66.7 Å². The van der Waals surface area contributed by atoms with E-state index >= 15 is 0 Å². The van der Waals surface area contributed by atoms with E-state index in [1.165, 1.54) is 25.7 Å². The summed E-state index contributed by atoms with van der Waals surface area (Å²) in [6, 6.07) is 1.88. The van der Waals surface area contributed by atoms with E-state index in [0.29, 0.717) is 0 Å². The molecule has 2 unspecified atom stereocenters. The van der Waals surface area contributed by atoms with Gasteiger partial charge in [-0.05, 0) is 19.3 Å². The smallest absolute Gasteiger partial charge is 0.00850 e. The van der Waals surface area contributed by atoms with Crippen molar-refractivity contribution in [3.8, 4) is 0 Å². The van der Waals surface area contributed by atoms with Crippen LogP contribution in [0.1, 0.15) is 48.4 Å². The monoisotopic (exact) mass is 145 g/mol. The zero-order chi connectivity index (χ0) is 6.69. The first-order chi connectivity index (χ1) is 4.36. The highest BCUT2D eigenvalue weighted by molar-refractivity contribution is 4.96. The van der Waals surface area contributed by atoms with Crippen LogP contribution in [0.5, 0.6) is 0 Å². The van der Waals surface area contributed by atoms with Crippen molar-refractivity contribution in [2.45, 2.75) is 59.0 Å². The maximum atomic E-state index is 3.42. The molecule has 0 aromatic carbocycles. The number of nitrogens with one attached hydrogen (secondary N) is 1. The molecule has 3 rings (SSSR count). The van der Waals surface area contributed by atoms with Crippen LogP contribution < -0.4 is 5.32 Å². The third-order valence-electron chi connectivity index (χ3n) is 1.90.